The molecule has 0 aromatic heterocycles. The summed E-state index contributed by atoms with van der Waals surface area (Å²) in [5, 5.41) is 13.4. The second-order valence-electron chi connectivity index (χ2n) is 4.43. The summed E-state index contributed by atoms with van der Waals surface area (Å²) < 4.78 is 27.2. The lowest BCUT2D eigenvalue weighted by atomic mass is 10.1. The quantitative estimate of drug-likeness (QED) is 0.657. The van der Waals surface area contributed by atoms with E-state index >= 15 is 0 Å². The first-order chi connectivity index (χ1) is 9.90. The molecule has 0 fully saturated rings. The van der Waals surface area contributed by atoms with Gasteiger partial charge in [-0.3, -0.25) is 10.1 Å². The van der Waals surface area contributed by atoms with Gasteiger partial charge in [0.1, 0.15) is 17.3 Å². The van der Waals surface area contributed by atoms with Crippen LogP contribution in [0.3, 0.4) is 0 Å². The molecule has 2 rings (SSSR count). The minimum atomic E-state index is -0.787. The molecular weight excluding hydrogens is 302 g/mol. The third-order valence-electron chi connectivity index (χ3n) is 2.98. The molecule has 1 N–H and O–H groups in total. The Balaban J connectivity index is 2.37. The highest BCUT2D eigenvalue weighted by atomic mass is 35.5. The van der Waals surface area contributed by atoms with Crippen molar-refractivity contribution >= 4 is 23.0 Å². The Bertz CT molecular complexity index is 695. The van der Waals surface area contributed by atoms with Gasteiger partial charge in [-0.05, 0) is 13.0 Å². The number of benzene rings is 2. The van der Waals surface area contributed by atoms with Crippen molar-refractivity contribution in [1.29, 1.82) is 0 Å². The van der Waals surface area contributed by atoms with Crippen LogP contribution in [-0.4, -0.2) is 4.92 Å². The van der Waals surface area contributed by atoms with Gasteiger partial charge in [0.2, 0.25) is 0 Å². The van der Waals surface area contributed by atoms with E-state index in [0.29, 0.717) is 5.56 Å². The number of hydrogen-bond donors (Lipinski definition) is 1. The summed E-state index contributed by atoms with van der Waals surface area (Å²) in [7, 11) is 0. The lowest BCUT2D eigenvalue weighted by Crippen LogP contribution is -2.10. The fraction of sp³-hybridized carbons (Fsp3) is 0.143. The molecule has 0 aliphatic heterocycles. The van der Waals surface area contributed by atoms with E-state index < -0.39 is 22.6 Å². The zero-order valence-electron chi connectivity index (χ0n) is 10.9. The van der Waals surface area contributed by atoms with E-state index in [1.165, 1.54) is 12.1 Å². The van der Waals surface area contributed by atoms with Crippen LogP contribution < -0.4 is 5.32 Å². The SMILES string of the molecule is CC(Nc1cc(F)c(Cl)cc1[N+](=O)[O-])c1ccccc1F. The van der Waals surface area contributed by atoms with Crippen molar-refractivity contribution in [3.63, 3.8) is 0 Å². The summed E-state index contributed by atoms with van der Waals surface area (Å²) >= 11 is 5.54. The number of nitrogens with zero attached hydrogens (tertiary/aromatic N) is 1. The molecule has 7 heteroatoms. The van der Waals surface area contributed by atoms with E-state index in [9.17, 15) is 18.9 Å². The van der Waals surface area contributed by atoms with Crippen LogP contribution in [0.1, 0.15) is 18.5 Å². The molecule has 0 radical (unpaired) electrons. The predicted octanol–water partition coefficient (Wildman–Crippen LogP) is 4.70. The van der Waals surface area contributed by atoms with Crippen molar-refractivity contribution in [3.8, 4) is 0 Å². The maximum atomic E-state index is 13.7. The molecular formula is C14H11ClF2N2O2. The van der Waals surface area contributed by atoms with E-state index in [0.717, 1.165) is 12.1 Å². The molecule has 2 aromatic rings. The van der Waals surface area contributed by atoms with Gasteiger partial charge in [-0.1, -0.05) is 29.8 Å². The van der Waals surface area contributed by atoms with Gasteiger partial charge in [-0.15, -0.1) is 0 Å². The second-order valence-corrected chi connectivity index (χ2v) is 4.84. The third kappa shape index (κ3) is 3.28. The molecule has 1 atom stereocenters. The van der Waals surface area contributed by atoms with Crippen LogP contribution in [-0.2, 0) is 0 Å². The Hall–Kier alpha value is -2.21. The molecule has 0 saturated heterocycles. The fourth-order valence-corrected chi connectivity index (χ4v) is 2.10. The average Bonchev–Trinajstić information content (AvgIpc) is 2.42. The Morgan fingerprint density at radius 3 is 2.52 bits per heavy atom. The van der Waals surface area contributed by atoms with Gasteiger partial charge >= 0.3 is 0 Å². The van der Waals surface area contributed by atoms with Crippen molar-refractivity contribution < 1.29 is 13.7 Å². The number of hydrogen-bond acceptors (Lipinski definition) is 3. The molecule has 1 unspecified atom stereocenters. The minimum Gasteiger partial charge on any atom is -0.373 e. The highest BCUT2D eigenvalue weighted by Gasteiger charge is 2.20. The van der Waals surface area contributed by atoms with E-state index in [4.69, 9.17) is 11.6 Å². The van der Waals surface area contributed by atoms with Gasteiger partial charge in [0.25, 0.3) is 5.69 Å². The lowest BCUT2D eigenvalue weighted by molar-refractivity contribution is -0.384. The normalized spacial score (nSPS) is 12.0. The summed E-state index contributed by atoms with van der Waals surface area (Å²) in [6.07, 6.45) is 0. The first-order valence-corrected chi connectivity index (χ1v) is 6.42. The fourth-order valence-electron chi connectivity index (χ4n) is 1.94. The van der Waals surface area contributed by atoms with Crippen LogP contribution >= 0.6 is 11.6 Å². The average molecular weight is 313 g/mol. The van der Waals surface area contributed by atoms with Crippen molar-refractivity contribution in [3.05, 3.63) is 68.7 Å². The van der Waals surface area contributed by atoms with Crippen molar-refractivity contribution in [1.82, 2.24) is 0 Å². The van der Waals surface area contributed by atoms with Gasteiger partial charge in [-0.2, -0.15) is 0 Å². The van der Waals surface area contributed by atoms with Crippen LogP contribution in [0.15, 0.2) is 36.4 Å². The summed E-state index contributed by atoms with van der Waals surface area (Å²) in [6, 6.07) is 7.29. The Kier molecular flexibility index (Phi) is 4.37. The molecule has 21 heavy (non-hydrogen) atoms. The first kappa shape index (κ1) is 15.2. The van der Waals surface area contributed by atoms with E-state index in [1.807, 2.05) is 0 Å². The van der Waals surface area contributed by atoms with E-state index in [2.05, 4.69) is 5.32 Å². The number of nitro benzene ring substituents is 1. The number of nitro groups is 1. The molecule has 0 saturated carbocycles. The van der Waals surface area contributed by atoms with E-state index in [-0.39, 0.29) is 16.4 Å². The lowest BCUT2D eigenvalue weighted by Gasteiger charge is -2.16. The summed E-state index contributed by atoms with van der Waals surface area (Å²) in [5.74, 6) is -1.24. The smallest absolute Gasteiger partial charge is 0.294 e. The van der Waals surface area contributed by atoms with Crippen LogP contribution in [0.5, 0.6) is 0 Å². The third-order valence-corrected chi connectivity index (χ3v) is 3.27. The number of anilines is 1. The summed E-state index contributed by atoms with van der Waals surface area (Å²) in [6.45, 7) is 1.62. The molecule has 0 amide bonds. The first-order valence-electron chi connectivity index (χ1n) is 6.04. The minimum absolute atomic E-state index is 0.0577. The maximum absolute atomic E-state index is 13.7. The highest BCUT2D eigenvalue weighted by Crippen LogP contribution is 2.33. The molecule has 0 aliphatic rings. The molecule has 4 nitrogen and oxygen atoms in total. The molecule has 2 aromatic carbocycles. The predicted molar refractivity (Wildman–Crippen MR) is 76.5 cm³/mol. The second kappa shape index (κ2) is 6.05. The number of rotatable bonds is 4. The van der Waals surface area contributed by atoms with Crippen LogP contribution in [0.2, 0.25) is 5.02 Å². The van der Waals surface area contributed by atoms with Gasteiger partial charge in [-0.25, -0.2) is 8.78 Å². The topological polar surface area (TPSA) is 55.2 Å². The summed E-state index contributed by atoms with van der Waals surface area (Å²) in [4.78, 5) is 10.3. The number of nitrogens with one attached hydrogen (secondary N) is 1. The van der Waals surface area contributed by atoms with Gasteiger partial charge < -0.3 is 5.32 Å². The monoisotopic (exact) mass is 312 g/mol. The standard InChI is InChI=1S/C14H11ClF2N2O2/c1-8(9-4-2-3-5-11(9)16)18-13-7-12(17)10(15)6-14(13)19(20)21/h2-8,18H,1H3. The zero-order valence-corrected chi connectivity index (χ0v) is 11.7. The summed E-state index contributed by atoms with van der Waals surface area (Å²) in [5.41, 5.74) is -0.107. The van der Waals surface area contributed by atoms with Gasteiger partial charge in [0, 0.05) is 17.7 Å². The number of halogens is 3. The van der Waals surface area contributed by atoms with Gasteiger partial charge in [0.15, 0.2) is 0 Å². The van der Waals surface area contributed by atoms with Crippen molar-refractivity contribution in [2.45, 2.75) is 13.0 Å². The van der Waals surface area contributed by atoms with E-state index in [1.54, 1.807) is 19.1 Å². The Morgan fingerprint density at radius 2 is 1.90 bits per heavy atom. The molecule has 0 bridgehead atoms. The zero-order chi connectivity index (χ0) is 15.6. The van der Waals surface area contributed by atoms with Crippen molar-refractivity contribution in [2.75, 3.05) is 5.32 Å². The largest absolute Gasteiger partial charge is 0.373 e. The molecule has 0 spiro atoms. The molecule has 0 aliphatic carbocycles. The molecule has 0 heterocycles. The highest BCUT2D eigenvalue weighted by molar-refractivity contribution is 6.31. The maximum Gasteiger partial charge on any atom is 0.294 e. The van der Waals surface area contributed by atoms with Gasteiger partial charge in [0.05, 0.1) is 16.0 Å². The Labute approximate surface area is 124 Å². The van der Waals surface area contributed by atoms with Crippen molar-refractivity contribution in [2.24, 2.45) is 0 Å². The van der Waals surface area contributed by atoms with Crippen LogP contribution in [0, 0.1) is 21.7 Å². The van der Waals surface area contributed by atoms with Crippen LogP contribution in [0.25, 0.3) is 0 Å². The molecule has 110 valence electrons. The van der Waals surface area contributed by atoms with Crippen LogP contribution in [0.4, 0.5) is 20.2 Å². The Morgan fingerprint density at radius 1 is 1.24 bits per heavy atom.